The fourth-order valence-corrected chi connectivity index (χ4v) is 8.64. The summed E-state index contributed by atoms with van der Waals surface area (Å²) in [6.45, 7) is 5.71. The highest BCUT2D eigenvalue weighted by Gasteiger charge is 2.64. The van der Waals surface area contributed by atoms with Gasteiger partial charge in [-0.1, -0.05) is 12.2 Å². The second kappa shape index (κ2) is 15.6. The van der Waals surface area contributed by atoms with Crippen LogP contribution in [0.3, 0.4) is 0 Å². The molecule has 6 aliphatic rings. The molecular weight excluding hydrogens is 660 g/mol. The van der Waals surface area contributed by atoms with Crippen LogP contribution in [0.25, 0.3) is 0 Å². The summed E-state index contributed by atoms with van der Waals surface area (Å²) < 4.78 is 40.6. The molecule has 0 bridgehead atoms. The lowest BCUT2D eigenvalue weighted by Crippen LogP contribution is -2.34. The number of ether oxygens (including phenoxy) is 7. The van der Waals surface area contributed by atoms with E-state index in [9.17, 15) is 19.2 Å². The number of hydrogen-bond acceptors (Lipinski definition) is 13. The third-order valence-electron chi connectivity index (χ3n) is 11.6. The third-order valence-corrected chi connectivity index (χ3v) is 11.6. The molecule has 0 aromatic heterocycles. The molecular formula is C38H56N2O11. The highest BCUT2D eigenvalue weighted by molar-refractivity contribution is 5.89. The number of hydrogen-bond donors (Lipinski definition) is 0. The number of fused-ring (bicyclic) bond motifs is 6. The fraction of sp³-hybridized carbons (Fsp3) is 0.789. The highest BCUT2D eigenvalue weighted by atomic mass is 16.7. The van der Waals surface area contributed by atoms with Gasteiger partial charge in [-0.3, -0.25) is 9.59 Å². The molecule has 4 heterocycles. The molecule has 4 saturated heterocycles. The molecule has 0 saturated carbocycles. The topological polar surface area (TPSA) is 146 Å². The molecule has 6 rings (SSSR count). The second-order valence-corrected chi connectivity index (χ2v) is 16.1. The maximum absolute atomic E-state index is 13.1. The molecule has 4 aliphatic heterocycles. The van der Waals surface area contributed by atoms with Crippen molar-refractivity contribution in [2.24, 2.45) is 23.7 Å². The van der Waals surface area contributed by atoms with Crippen LogP contribution in [-0.2, 0) is 52.3 Å². The van der Waals surface area contributed by atoms with Gasteiger partial charge in [0, 0.05) is 36.1 Å². The SMILES string of the molecule is CN(C)CC1C(=O)OC2C1CCC(C(=O)OCCOCCOC(=O)C1=CCCC3(C)OC3C3OC(=O)C(CN(C)C)C3CC1)=CCCC1(C)OC21. The first kappa shape index (κ1) is 37.9. The lowest BCUT2D eigenvalue weighted by atomic mass is 9.80. The van der Waals surface area contributed by atoms with Crippen molar-refractivity contribution in [3.63, 3.8) is 0 Å². The monoisotopic (exact) mass is 716 g/mol. The van der Waals surface area contributed by atoms with Crippen molar-refractivity contribution in [2.75, 3.05) is 67.7 Å². The van der Waals surface area contributed by atoms with Crippen LogP contribution >= 0.6 is 0 Å². The summed E-state index contributed by atoms with van der Waals surface area (Å²) in [6, 6.07) is 0. The minimum atomic E-state index is -0.390. The molecule has 13 nitrogen and oxygen atoms in total. The van der Waals surface area contributed by atoms with E-state index in [0.717, 1.165) is 12.8 Å². The Morgan fingerprint density at radius 1 is 0.706 bits per heavy atom. The van der Waals surface area contributed by atoms with Crippen LogP contribution in [0.4, 0.5) is 0 Å². The maximum Gasteiger partial charge on any atom is 0.333 e. The van der Waals surface area contributed by atoms with Crippen LogP contribution in [0, 0.1) is 23.7 Å². The lowest BCUT2D eigenvalue weighted by molar-refractivity contribution is -0.146. The molecule has 10 unspecified atom stereocenters. The van der Waals surface area contributed by atoms with Gasteiger partial charge < -0.3 is 43.0 Å². The minimum absolute atomic E-state index is 0.0418. The first-order valence-corrected chi connectivity index (χ1v) is 18.7. The van der Waals surface area contributed by atoms with Gasteiger partial charge in [-0.05, 0) is 93.4 Å². The van der Waals surface area contributed by atoms with Crippen molar-refractivity contribution >= 4 is 23.9 Å². The van der Waals surface area contributed by atoms with Crippen molar-refractivity contribution < 1.29 is 52.3 Å². The van der Waals surface area contributed by atoms with Crippen molar-refractivity contribution in [3.8, 4) is 0 Å². The predicted octanol–water partition coefficient (Wildman–Crippen LogP) is 2.84. The number of allylic oxidation sites excluding steroid dienone is 2. The summed E-state index contributed by atoms with van der Waals surface area (Å²) in [7, 11) is 7.76. The first-order valence-electron chi connectivity index (χ1n) is 18.7. The lowest BCUT2D eigenvalue weighted by Gasteiger charge is -2.24. The predicted molar refractivity (Wildman–Crippen MR) is 183 cm³/mol. The summed E-state index contributed by atoms with van der Waals surface area (Å²) in [5.74, 6) is -1.77. The Kier molecular flexibility index (Phi) is 11.6. The van der Waals surface area contributed by atoms with Crippen molar-refractivity contribution in [1.29, 1.82) is 0 Å². The Morgan fingerprint density at radius 2 is 1.12 bits per heavy atom. The van der Waals surface area contributed by atoms with Gasteiger partial charge in [-0.25, -0.2) is 9.59 Å². The molecule has 51 heavy (non-hydrogen) atoms. The normalized spacial score (nSPS) is 37.5. The molecule has 284 valence electrons. The quantitative estimate of drug-likeness (QED) is 0.126. The van der Waals surface area contributed by atoms with E-state index in [2.05, 4.69) is 0 Å². The molecule has 2 aliphatic carbocycles. The van der Waals surface area contributed by atoms with E-state index >= 15 is 0 Å². The van der Waals surface area contributed by atoms with E-state index in [0.29, 0.717) is 62.8 Å². The molecule has 0 N–H and O–H groups in total. The number of rotatable bonds is 12. The van der Waals surface area contributed by atoms with E-state index in [1.807, 2.05) is 64.0 Å². The van der Waals surface area contributed by atoms with Gasteiger partial charge in [0.25, 0.3) is 0 Å². The number of carbonyl (C=O) groups is 4. The Labute approximate surface area is 301 Å². The Hall–Kier alpha value is -2.84. The number of epoxide rings is 2. The molecule has 0 aromatic carbocycles. The van der Waals surface area contributed by atoms with Gasteiger partial charge >= 0.3 is 23.9 Å². The smallest absolute Gasteiger partial charge is 0.333 e. The van der Waals surface area contributed by atoms with Crippen molar-refractivity contribution in [2.45, 2.75) is 101 Å². The van der Waals surface area contributed by atoms with Gasteiger partial charge in [0.15, 0.2) is 0 Å². The largest absolute Gasteiger partial charge is 0.460 e. The summed E-state index contributed by atoms with van der Waals surface area (Å²) >= 11 is 0. The van der Waals surface area contributed by atoms with Crippen LogP contribution in [0.1, 0.15) is 65.2 Å². The van der Waals surface area contributed by atoms with E-state index in [1.165, 1.54) is 0 Å². The Bertz CT molecular complexity index is 1290. The molecule has 13 heteroatoms. The number of carbonyl (C=O) groups excluding carboxylic acids is 4. The highest BCUT2D eigenvalue weighted by Crippen LogP contribution is 2.51. The standard InChI is InChI=1S/C38H56N2O11/c1-37-15-7-9-23(11-13-25-27(21-39(3)4)35(43)48-29(25)31(37)50-37)33(41)46-19-17-45-18-20-47-34(42)24-10-8-16-38(2)32(51-38)30-26(14-12-24)28(22-40(5)6)36(44)49-30/h9-10,25-32H,7-8,11-22H2,1-6H3. The second-order valence-electron chi connectivity index (χ2n) is 16.1. The Balaban J connectivity index is 0.937. The summed E-state index contributed by atoms with van der Waals surface area (Å²) in [5.41, 5.74) is 0.465. The van der Waals surface area contributed by atoms with Gasteiger partial charge in [-0.2, -0.15) is 0 Å². The first-order chi connectivity index (χ1) is 24.3. The van der Waals surface area contributed by atoms with Crippen LogP contribution in [-0.4, -0.2) is 137 Å². The van der Waals surface area contributed by atoms with Crippen molar-refractivity contribution in [1.82, 2.24) is 9.80 Å². The van der Waals surface area contributed by atoms with Gasteiger partial charge in [0.2, 0.25) is 0 Å². The summed E-state index contributed by atoms with van der Waals surface area (Å²) in [5, 5.41) is 0. The number of nitrogens with zero attached hydrogens (tertiary/aromatic N) is 2. The Morgan fingerprint density at radius 3 is 1.51 bits per heavy atom. The number of esters is 4. The van der Waals surface area contributed by atoms with E-state index in [-0.39, 0.29) is 110 Å². The van der Waals surface area contributed by atoms with Crippen LogP contribution in [0.15, 0.2) is 23.3 Å². The zero-order valence-corrected chi connectivity index (χ0v) is 31.1. The fourth-order valence-electron chi connectivity index (χ4n) is 8.64. The maximum atomic E-state index is 13.1. The average molecular weight is 717 g/mol. The van der Waals surface area contributed by atoms with E-state index in [4.69, 9.17) is 33.2 Å². The molecule has 0 radical (unpaired) electrons. The molecule has 10 atom stereocenters. The van der Waals surface area contributed by atoms with Gasteiger partial charge in [0.1, 0.15) is 37.6 Å². The van der Waals surface area contributed by atoms with Gasteiger partial charge in [0.05, 0.1) is 36.3 Å². The van der Waals surface area contributed by atoms with Crippen LogP contribution < -0.4 is 0 Å². The molecule has 0 spiro atoms. The summed E-state index contributed by atoms with van der Waals surface area (Å²) in [6.07, 6.45) is 8.10. The minimum Gasteiger partial charge on any atom is -0.460 e. The van der Waals surface area contributed by atoms with Crippen molar-refractivity contribution in [3.05, 3.63) is 23.3 Å². The molecule has 0 amide bonds. The molecule has 0 aromatic rings. The van der Waals surface area contributed by atoms with Crippen LogP contribution in [0.2, 0.25) is 0 Å². The zero-order valence-electron chi connectivity index (χ0n) is 31.1. The average Bonchev–Trinajstić information content (AvgIpc) is 3.87. The summed E-state index contributed by atoms with van der Waals surface area (Å²) in [4.78, 5) is 55.8. The molecule has 4 fully saturated rings. The van der Waals surface area contributed by atoms with E-state index in [1.54, 1.807) is 0 Å². The third kappa shape index (κ3) is 8.70. The van der Waals surface area contributed by atoms with E-state index < -0.39 is 0 Å². The van der Waals surface area contributed by atoms with Crippen LogP contribution in [0.5, 0.6) is 0 Å². The zero-order chi connectivity index (χ0) is 36.5. The van der Waals surface area contributed by atoms with Gasteiger partial charge in [-0.15, -0.1) is 0 Å².